The summed E-state index contributed by atoms with van der Waals surface area (Å²) in [6.07, 6.45) is 5.64. The Labute approximate surface area is 105 Å². The Morgan fingerprint density at radius 3 is 2.83 bits per heavy atom. The van der Waals surface area contributed by atoms with Gasteiger partial charge < -0.3 is 10.0 Å². The van der Waals surface area contributed by atoms with Crippen molar-refractivity contribution in [1.29, 1.82) is 0 Å². The van der Waals surface area contributed by atoms with Gasteiger partial charge in [-0.15, -0.1) is 0 Å². The zero-order valence-electron chi connectivity index (χ0n) is 10.3. The largest absolute Gasteiger partial charge is 0.478 e. The van der Waals surface area contributed by atoms with Crippen molar-refractivity contribution in [2.45, 2.75) is 32.2 Å². The van der Waals surface area contributed by atoms with Gasteiger partial charge >= 0.3 is 5.97 Å². The molecule has 0 saturated carbocycles. The Bertz CT molecular complexity index is 473. The predicted molar refractivity (Wildman–Crippen MR) is 65.5 cm³/mol. The minimum Gasteiger partial charge on any atom is -0.478 e. The van der Waals surface area contributed by atoms with Gasteiger partial charge in [0.15, 0.2) is 0 Å². The number of rotatable bonds is 3. The van der Waals surface area contributed by atoms with Crippen molar-refractivity contribution in [3.63, 3.8) is 0 Å². The van der Waals surface area contributed by atoms with Crippen molar-refractivity contribution in [3.8, 4) is 0 Å². The quantitative estimate of drug-likeness (QED) is 0.885. The lowest BCUT2D eigenvalue weighted by atomic mass is 10.1. The van der Waals surface area contributed by atoms with E-state index >= 15 is 0 Å². The number of hydrogen-bond donors (Lipinski definition) is 1. The minimum absolute atomic E-state index is 0.0492. The molecule has 1 aliphatic heterocycles. The maximum Gasteiger partial charge on any atom is 0.337 e. The number of aromatic nitrogens is 1. The van der Waals surface area contributed by atoms with Crippen LogP contribution in [0.2, 0.25) is 0 Å². The molecule has 2 heterocycles. The first-order valence-electron chi connectivity index (χ1n) is 6.12. The van der Waals surface area contributed by atoms with Crippen LogP contribution < -0.4 is 0 Å². The Balaban J connectivity index is 2.23. The van der Waals surface area contributed by atoms with Gasteiger partial charge in [0.2, 0.25) is 0 Å². The third-order valence-electron chi connectivity index (χ3n) is 3.34. The molecule has 1 fully saturated rings. The van der Waals surface area contributed by atoms with Crippen molar-refractivity contribution in [2.24, 2.45) is 0 Å². The summed E-state index contributed by atoms with van der Waals surface area (Å²) in [4.78, 5) is 28.8. The average molecular weight is 248 g/mol. The summed E-state index contributed by atoms with van der Waals surface area (Å²) in [5.41, 5.74) is 0.406. The number of nitrogens with zero attached hydrogens (tertiary/aromatic N) is 2. The molecule has 1 aromatic rings. The highest BCUT2D eigenvalue weighted by Gasteiger charge is 2.28. The topological polar surface area (TPSA) is 70.5 Å². The van der Waals surface area contributed by atoms with E-state index in [4.69, 9.17) is 5.11 Å². The first-order chi connectivity index (χ1) is 8.63. The van der Waals surface area contributed by atoms with Crippen molar-refractivity contribution in [1.82, 2.24) is 9.88 Å². The van der Waals surface area contributed by atoms with Gasteiger partial charge in [-0.1, -0.05) is 6.92 Å². The van der Waals surface area contributed by atoms with E-state index in [0.29, 0.717) is 5.56 Å². The van der Waals surface area contributed by atoms with Crippen LogP contribution in [0.1, 0.15) is 46.9 Å². The fraction of sp³-hybridized carbons (Fsp3) is 0.462. The molecule has 1 atom stereocenters. The van der Waals surface area contributed by atoms with Crippen LogP contribution in [-0.4, -0.2) is 39.5 Å². The maximum atomic E-state index is 12.3. The van der Waals surface area contributed by atoms with Gasteiger partial charge in [-0.05, 0) is 25.3 Å². The van der Waals surface area contributed by atoms with Gasteiger partial charge in [0.25, 0.3) is 5.91 Å². The van der Waals surface area contributed by atoms with Crippen LogP contribution in [0.4, 0.5) is 0 Å². The monoisotopic (exact) mass is 248 g/mol. The highest BCUT2D eigenvalue weighted by atomic mass is 16.4. The molecule has 0 unspecified atom stereocenters. The van der Waals surface area contributed by atoms with Crippen LogP contribution in [-0.2, 0) is 0 Å². The summed E-state index contributed by atoms with van der Waals surface area (Å²) < 4.78 is 0. The second-order valence-electron chi connectivity index (χ2n) is 4.47. The minimum atomic E-state index is -1.06. The Morgan fingerprint density at radius 2 is 2.17 bits per heavy atom. The molecule has 5 nitrogen and oxygen atoms in total. The fourth-order valence-corrected chi connectivity index (χ4v) is 2.37. The number of carbonyl (C=O) groups excluding carboxylic acids is 1. The molecule has 96 valence electrons. The summed E-state index contributed by atoms with van der Waals surface area (Å²) in [5, 5.41) is 8.89. The molecule has 5 heteroatoms. The molecule has 1 aromatic heterocycles. The smallest absolute Gasteiger partial charge is 0.337 e. The molecule has 18 heavy (non-hydrogen) atoms. The molecule has 0 radical (unpaired) electrons. The van der Waals surface area contributed by atoms with E-state index in [9.17, 15) is 9.59 Å². The number of amides is 1. The molecule has 1 N–H and O–H groups in total. The van der Waals surface area contributed by atoms with Crippen molar-refractivity contribution >= 4 is 11.9 Å². The van der Waals surface area contributed by atoms with Crippen LogP contribution in [0.5, 0.6) is 0 Å². The molecular weight excluding hydrogens is 232 g/mol. The summed E-state index contributed by atoms with van der Waals surface area (Å²) in [6, 6.07) is 1.66. The summed E-state index contributed by atoms with van der Waals surface area (Å²) >= 11 is 0. The fourth-order valence-electron chi connectivity index (χ4n) is 2.37. The van der Waals surface area contributed by atoms with Crippen LogP contribution in [0.3, 0.4) is 0 Å². The second-order valence-corrected chi connectivity index (χ2v) is 4.47. The molecule has 1 amide bonds. The highest BCUT2D eigenvalue weighted by molar-refractivity contribution is 5.97. The number of pyridine rings is 1. The molecular formula is C13H16N2O3. The number of carbonyl (C=O) groups is 2. The third kappa shape index (κ3) is 2.34. The number of likely N-dealkylation sites (tertiary alicyclic amines) is 1. The standard InChI is InChI=1S/C13H16N2O3/c1-2-11-4-3-5-15(11)12(16)9-6-10(13(17)18)8-14-7-9/h6-8,11H,2-5H2,1H3,(H,17,18)/t11-/m0/s1. The van der Waals surface area contributed by atoms with Crippen LogP contribution in [0.25, 0.3) is 0 Å². The van der Waals surface area contributed by atoms with Gasteiger partial charge in [-0.3, -0.25) is 9.78 Å². The lowest BCUT2D eigenvalue weighted by molar-refractivity contribution is 0.0696. The number of carboxylic acid groups (broad SMARTS) is 1. The SMILES string of the molecule is CC[C@H]1CCCN1C(=O)c1cncc(C(=O)O)c1. The summed E-state index contributed by atoms with van der Waals surface area (Å²) in [7, 11) is 0. The van der Waals surface area contributed by atoms with Gasteiger partial charge in [-0.2, -0.15) is 0 Å². The normalized spacial score (nSPS) is 18.9. The molecule has 1 saturated heterocycles. The van der Waals surface area contributed by atoms with Gasteiger partial charge in [0, 0.05) is 25.0 Å². The van der Waals surface area contributed by atoms with E-state index in [1.54, 1.807) is 0 Å². The Kier molecular flexibility index (Phi) is 3.60. The van der Waals surface area contributed by atoms with E-state index in [-0.39, 0.29) is 17.5 Å². The predicted octanol–water partition coefficient (Wildman–Crippen LogP) is 1.79. The van der Waals surface area contributed by atoms with E-state index in [1.165, 1.54) is 18.5 Å². The molecule has 0 aliphatic carbocycles. The van der Waals surface area contributed by atoms with Crippen molar-refractivity contribution in [3.05, 3.63) is 29.6 Å². The maximum absolute atomic E-state index is 12.3. The molecule has 2 rings (SSSR count). The number of hydrogen-bond acceptors (Lipinski definition) is 3. The van der Waals surface area contributed by atoms with Crippen LogP contribution >= 0.6 is 0 Å². The van der Waals surface area contributed by atoms with Gasteiger partial charge in [0.05, 0.1) is 11.1 Å². The average Bonchev–Trinajstić information content (AvgIpc) is 2.86. The zero-order chi connectivity index (χ0) is 13.1. The van der Waals surface area contributed by atoms with Gasteiger partial charge in [0.1, 0.15) is 0 Å². The van der Waals surface area contributed by atoms with Crippen molar-refractivity contribution in [2.75, 3.05) is 6.54 Å². The van der Waals surface area contributed by atoms with E-state index in [2.05, 4.69) is 11.9 Å². The lowest BCUT2D eigenvalue weighted by Gasteiger charge is -2.23. The van der Waals surface area contributed by atoms with Crippen LogP contribution in [0.15, 0.2) is 18.5 Å². The first-order valence-corrected chi connectivity index (χ1v) is 6.12. The number of carboxylic acids is 1. The highest BCUT2D eigenvalue weighted by Crippen LogP contribution is 2.22. The summed E-state index contributed by atoms with van der Waals surface area (Å²) in [6.45, 7) is 2.80. The molecule has 0 spiro atoms. The first kappa shape index (κ1) is 12.5. The number of aromatic carboxylic acids is 1. The van der Waals surface area contributed by atoms with E-state index < -0.39 is 5.97 Å². The van der Waals surface area contributed by atoms with E-state index in [0.717, 1.165) is 25.8 Å². The molecule has 0 bridgehead atoms. The summed E-state index contributed by atoms with van der Waals surface area (Å²) in [5.74, 6) is -1.18. The molecule has 1 aliphatic rings. The zero-order valence-corrected chi connectivity index (χ0v) is 10.3. The Hall–Kier alpha value is -1.91. The van der Waals surface area contributed by atoms with E-state index in [1.807, 2.05) is 4.90 Å². The Morgan fingerprint density at radius 1 is 1.44 bits per heavy atom. The third-order valence-corrected chi connectivity index (χ3v) is 3.34. The van der Waals surface area contributed by atoms with Crippen molar-refractivity contribution < 1.29 is 14.7 Å². The van der Waals surface area contributed by atoms with Gasteiger partial charge in [-0.25, -0.2) is 4.79 Å². The molecule has 0 aromatic carbocycles. The second kappa shape index (κ2) is 5.16. The lowest BCUT2D eigenvalue weighted by Crippen LogP contribution is -2.35. The van der Waals surface area contributed by atoms with Crippen LogP contribution in [0, 0.1) is 0 Å².